The molecule has 0 aliphatic heterocycles. The number of nitrogens with one attached hydrogen (secondary N) is 1. The lowest BCUT2D eigenvalue weighted by atomic mass is 10.2. The molecule has 90 valence electrons. The summed E-state index contributed by atoms with van der Waals surface area (Å²) in [6.45, 7) is 2.44. The zero-order valence-corrected chi connectivity index (χ0v) is 10.3. The molecular formula is C12H14ClN3O. The van der Waals surface area contributed by atoms with Gasteiger partial charge >= 0.3 is 0 Å². The number of aliphatic hydroxyl groups excluding tert-OH is 1. The first-order valence-corrected chi connectivity index (χ1v) is 5.87. The number of nitrogens with zero attached hydrogens (tertiary/aromatic N) is 2. The highest BCUT2D eigenvalue weighted by molar-refractivity contribution is 6.31. The summed E-state index contributed by atoms with van der Waals surface area (Å²) in [6.07, 6.45) is 1.87. The second kappa shape index (κ2) is 5.29. The number of fused-ring (bicyclic) bond motifs is 1. The van der Waals surface area contributed by atoms with Gasteiger partial charge in [0, 0.05) is 17.0 Å². The first-order chi connectivity index (χ1) is 8.16. The zero-order chi connectivity index (χ0) is 12.3. The summed E-state index contributed by atoms with van der Waals surface area (Å²) >= 11 is 5.90. The number of hydrogen-bond donors (Lipinski definition) is 2. The Labute approximate surface area is 105 Å². The van der Waals surface area contributed by atoms with E-state index in [1.807, 2.05) is 12.1 Å². The van der Waals surface area contributed by atoms with Gasteiger partial charge in [-0.1, -0.05) is 11.6 Å². The molecule has 0 aliphatic carbocycles. The smallest absolute Gasteiger partial charge is 0.137 e. The summed E-state index contributed by atoms with van der Waals surface area (Å²) in [5, 5.41) is 14.0. The van der Waals surface area contributed by atoms with Gasteiger partial charge in [0.1, 0.15) is 12.1 Å². The van der Waals surface area contributed by atoms with Gasteiger partial charge in [-0.3, -0.25) is 0 Å². The molecule has 1 atom stereocenters. The van der Waals surface area contributed by atoms with Crippen molar-refractivity contribution in [3.8, 4) is 0 Å². The van der Waals surface area contributed by atoms with Crippen molar-refractivity contribution in [3.63, 3.8) is 0 Å². The van der Waals surface area contributed by atoms with Crippen LogP contribution in [-0.2, 0) is 0 Å². The first kappa shape index (κ1) is 12.1. The van der Waals surface area contributed by atoms with Crippen LogP contribution in [0.4, 0.5) is 5.82 Å². The average Bonchev–Trinajstić information content (AvgIpc) is 2.28. The molecule has 0 bridgehead atoms. The quantitative estimate of drug-likeness (QED) is 0.877. The maximum Gasteiger partial charge on any atom is 0.137 e. The third-order valence-corrected chi connectivity index (χ3v) is 2.69. The fraction of sp³-hybridized carbons (Fsp3) is 0.333. The Kier molecular flexibility index (Phi) is 3.76. The fourth-order valence-corrected chi connectivity index (χ4v) is 1.74. The third-order valence-electron chi connectivity index (χ3n) is 2.45. The average molecular weight is 252 g/mol. The van der Waals surface area contributed by atoms with Gasteiger partial charge in [-0.2, -0.15) is 0 Å². The molecule has 1 aromatic heterocycles. The lowest BCUT2D eigenvalue weighted by molar-refractivity contribution is 0.188. The number of rotatable bonds is 4. The van der Waals surface area contributed by atoms with E-state index in [2.05, 4.69) is 15.3 Å². The molecule has 0 radical (unpaired) electrons. The molecule has 0 spiro atoms. The van der Waals surface area contributed by atoms with Crippen LogP contribution in [0, 0.1) is 0 Å². The van der Waals surface area contributed by atoms with Crippen LogP contribution in [0.1, 0.15) is 13.3 Å². The predicted octanol–water partition coefficient (Wildman–Crippen LogP) is 2.47. The SMILES string of the molecule is CC(O)CCNc1ncnc2cc(Cl)ccc12. The Morgan fingerprint density at radius 2 is 2.24 bits per heavy atom. The van der Waals surface area contributed by atoms with E-state index in [0.29, 0.717) is 18.0 Å². The zero-order valence-electron chi connectivity index (χ0n) is 9.52. The van der Waals surface area contributed by atoms with Gasteiger partial charge < -0.3 is 10.4 Å². The van der Waals surface area contributed by atoms with E-state index in [9.17, 15) is 5.11 Å². The highest BCUT2D eigenvalue weighted by atomic mass is 35.5. The van der Waals surface area contributed by atoms with Gasteiger partial charge in [0.15, 0.2) is 0 Å². The van der Waals surface area contributed by atoms with Crippen molar-refractivity contribution in [3.05, 3.63) is 29.5 Å². The van der Waals surface area contributed by atoms with E-state index in [1.165, 1.54) is 6.33 Å². The van der Waals surface area contributed by atoms with Crippen LogP contribution in [-0.4, -0.2) is 27.7 Å². The number of aromatic nitrogens is 2. The Morgan fingerprint density at radius 1 is 1.41 bits per heavy atom. The number of halogens is 1. The summed E-state index contributed by atoms with van der Waals surface area (Å²) in [4.78, 5) is 8.35. The molecule has 0 fully saturated rings. The molecule has 0 saturated heterocycles. The normalized spacial score (nSPS) is 12.6. The Morgan fingerprint density at radius 3 is 3.00 bits per heavy atom. The number of hydrogen-bond acceptors (Lipinski definition) is 4. The largest absolute Gasteiger partial charge is 0.393 e. The van der Waals surface area contributed by atoms with E-state index in [-0.39, 0.29) is 6.10 Å². The Bertz CT molecular complexity index is 516. The van der Waals surface area contributed by atoms with E-state index >= 15 is 0 Å². The summed E-state index contributed by atoms with van der Waals surface area (Å²) in [6, 6.07) is 5.51. The predicted molar refractivity (Wildman–Crippen MR) is 69.3 cm³/mol. The highest BCUT2D eigenvalue weighted by Gasteiger charge is 2.04. The van der Waals surface area contributed by atoms with E-state index in [1.54, 1.807) is 13.0 Å². The summed E-state index contributed by atoms with van der Waals surface area (Å²) in [7, 11) is 0. The molecule has 5 heteroatoms. The molecule has 1 heterocycles. The monoisotopic (exact) mass is 251 g/mol. The van der Waals surface area contributed by atoms with Gasteiger partial charge in [0.05, 0.1) is 11.6 Å². The minimum atomic E-state index is -0.315. The van der Waals surface area contributed by atoms with Crippen LogP contribution in [0.5, 0.6) is 0 Å². The molecule has 17 heavy (non-hydrogen) atoms. The lowest BCUT2D eigenvalue weighted by Gasteiger charge is -2.09. The molecule has 2 aromatic rings. The summed E-state index contributed by atoms with van der Waals surface area (Å²) in [5.41, 5.74) is 0.812. The first-order valence-electron chi connectivity index (χ1n) is 5.49. The molecule has 2 rings (SSSR count). The van der Waals surface area contributed by atoms with Crippen molar-refractivity contribution >= 4 is 28.3 Å². The van der Waals surface area contributed by atoms with Gasteiger partial charge in [0.2, 0.25) is 0 Å². The standard InChI is InChI=1S/C12H14ClN3O/c1-8(17)4-5-14-12-10-3-2-9(13)6-11(10)15-7-16-12/h2-3,6-8,17H,4-5H2,1H3,(H,14,15,16). The molecule has 0 amide bonds. The number of anilines is 1. The van der Waals surface area contributed by atoms with Crippen LogP contribution in [0.2, 0.25) is 5.02 Å². The second-order valence-electron chi connectivity index (χ2n) is 3.95. The molecule has 4 nitrogen and oxygen atoms in total. The molecule has 1 unspecified atom stereocenters. The topological polar surface area (TPSA) is 58.0 Å². The minimum Gasteiger partial charge on any atom is -0.393 e. The third kappa shape index (κ3) is 3.05. The molecule has 2 N–H and O–H groups in total. The van der Waals surface area contributed by atoms with E-state index in [0.717, 1.165) is 16.7 Å². The summed E-state index contributed by atoms with van der Waals surface area (Å²) in [5.74, 6) is 0.771. The minimum absolute atomic E-state index is 0.315. The maximum atomic E-state index is 9.19. The lowest BCUT2D eigenvalue weighted by Crippen LogP contribution is -2.10. The number of benzene rings is 1. The summed E-state index contributed by atoms with van der Waals surface area (Å²) < 4.78 is 0. The van der Waals surface area contributed by atoms with E-state index < -0.39 is 0 Å². The van der Waals surface area contributed by atoms with Crippen LogP contribution in [0.15, 0.2) is 24.5 Å². The molecule has 0 saturated carbocycles. The van der Waals surface area contributed by atoms with Crippen molar-refractivity contribution in [2.24, 2.45) is 0 Å². The van der Waals surface area contributed by atoms with Crippen molar-refractivity contribution in [2.75, 3.05) is 11.9 Å². The maximum absolute atomic E-state index is 9.19. The van der Waals surface area contributed by atoms with Gasteiger partial charge in [-0.05, 0) is 31.5 Å². The van der Waals surface area contributed by atoms with Crippen molar-refractivity contribution in [1.82, 2.24) is 9.97 Å². The second-order valence-corrected chi connectivity index (χ2v) is 4.38. The van der Waals surface area contributed by atoms with E-state index in [4.69, 9.17) is 11.6 Å². The van der Waals surface area contributed by atoms with Gasteiger partial charge in [-0.15, -0.1) is 0 Å². The number of aliphatic hydroxyl groups is 1. The van der Waals surface area contributed by atoms with Gasteiger partial charge in [-0.25, -0.2) is 9.97 Å². The van der Waals surface area contributed by atoms with Crippen LogP contribution >= 0.6 is 11.6 Å². The highest BCUT2D eigenvalue weighted by Crippen LogP contribution is 2.22. The molecule has 1 aromatic carbocycles. The fourth-order valence-electron chi connectivity index (χ4n) is 1.57. The van der Waals surface area contributed by atoms with Crippen molar-refractivity contribution in [1.29, 1.82) is 0 Å². The van der Waals surface area contributed by atoms with Crippen LogP contribution < -0.4 is 5.32 Å². The van der Waals surface area contributed by atoms with Crippen molar-refractivity contribution in [2.45, 2.75) is 19.4 Å². The Balaban J connectivity index is 2.22. The van der Waals surface area contributed by atoms with Crippen LogP contribution in [0.25, 0.3) is 10.9 Å². The molecular weight excluding hydrogens is 238 g/mol. The van der Waals surface area contributed by atoms with Gasteiger partial charge in [0.25, 0.3) is 0 Å². The Hall–Kier alpha value is -1.39. The molecule has 0 aliphatic rings. The van der Waals surface area contributed by atoms with Crippen LogP contribution in [0.3, 0.4) is 0 Å². The van der Waals surface area contributed by atoms with Crippen molar-refractivity contribution < 1.29 is 5.11 Å².